The van der Waals surface area contributed by atoms with Crippen molar-refractivity contribution in [3.63, 3.8) is 0 Å². The van der Waals surface area contributed by atoms with Gasteiger partial charge in [-0.25, -0.2) is 0 Å². The Labute approximate surface area is 197 Å². The van der Waals surface area contributed by atoms with Crippen LogP contribution in [0.2, 0.25) is 0 Å². The number of nitrogens with zero attached hydrogens (tertiary/aromatic N) is 1. The SMILES string of the molecule is Cc1ccc(Cn2cc([C@@H](CC(=O)NCC(C)C)c3cccc(C)c3)c3ccccc32)cc1. The molecule has 3 nitrogen and oxygen atoms in total. The number of fused-ring (bicyclic) bond motifs is 1. The number of benzene rings is 3. The summed E-state index contributed by atoms with van der Waals surface area (Å²) in [5, 5.41) is 4.34. The molecule has 1 atom stereocenters. The van der Waals surface area contributed by atoms with Gasteiger partial charge in [0, 0.05) is 42.5 Å². The average Bonchev–Trinajstić information content (AvgIpc) is 3.16. The lowest BCUT2D eigenvalue weighted by atomic mass is 9.87. The van der Waals surface area contributed by atoms with Gasteiger partial charge >= 0.3 is 0 Å². The summed E-state index contributed by atoms with van der Waals surface area (Å²) < 4.78 is 2.32. The molecule has 1 heterocycles. The average molecular weight is 439 g/mol. The molecule has 0 radical (unpaired) electrons. The molecule has 0 fully saturated rings. The van der Waals surface area contributed by atoms with E-state index in [4.69, 9.17) is 0 Å². The van der Waals surface area contributed by atoms with Crippen LogP contribution >= 0.6 is 0 Å². The van der Waals surface area contributed by atoms with Gasteiger partial charge in [-0.05, 0) is 42.5 Å². The molecule has 0 bridgehead atoms. The number of hydrogen-bond acceptors (Lipinski definition) is 1. The predicted molar refractivity (Wildman–Crippen MR) is 138 cm³/mol. The maximum atomic E-state index is 12.9. The van der Waals surface area contributed by atoms with Gasteiger partial charge in [-0.15, -0.1) is 0 Å². The molecule has 3 heteroatoms. The smallest absolute Gasteiger partial charge is 0.220 e. The molecule has 0 unspecified atom stereocenters. The topological polar surface area (TPSA) is 34.0 Å². The molecule has 4 aromatic rings. The van der Waals surface area contributed by atoms with E-state index in [0.29, 0.717) is 18.9 Å². The Morgan fingerprint density at radius 3 is 2.39 bits per heavy atom. The Kier molecular flexibility index (Phi) is 6.98. The van der Waals surface area contributed by atoms with Crippen LogP contribution in [0.1, 0.15) is 54.0 Å². The second kappa shape index (κ2) is 10.1. The van der Waals surface area contributed by atoms with Crippen LogP contribution in [0.5, 0.6) is 0 Å². The van der Waals surface area contributed by atoms with Gasteiger partial charge in [0.05, 0.1) is 0 Å². The minimum absolute atomic E-state index is 0.00114. The largest absolute Gasteiger partial charge is 0.356 e. The number of nitrogens with one attached hydrogen (secondary N) is 1. The summed E-state index contributed by atoms with van der Waals surface area (Å²) in [4.78, 5) is 12.9. The molecule has 4 rings (SSSR count). The minimum atomic E-state index is 0.00114. The first kappa shape index (κ1) is 22.8. The van der Waals surface area contributed by atoms with Crippen LogP contribution in [0.3, 0.4) is 0 Å². The van der Waals surface area contributed by atoms with Gasteiger partial charge in [0.2, 0.25) is 5.91 Å². The zero-order valence-electron chi connectivity index (χ0n) is 20.1. The summed E-state index contributed by atoms with van der Waals surface area (Å²) in [7, 11) is 0. The van der Waals surface area contributed by atoms with Crippen LogP contribution in [0.4, 0.5) is 0 Å². The summed E-state index contributed by atoms with van der Waals surface area (Å²) >= 11 is 0. The van der Waals surface area contributed by atoms with Crippen LogP contribution in [0.25, 0.3) is 10.9 Å². The van der Waals surface area contributed by atoms with Gasteiger partial charge in [0.1, 0.15) is 0 Å². The first-order valence-electron chi connectivity index (χ1n) is 11.9. The molecule has 0 spiro atoms. The van der Waals surface area contributed by atoms with E-state index in [-0.39, 0.29) is 11.8 Å². The van der Waals surface area contributed by atoms with E-state index in [1.54, 1.807) is 0 Å². The van der Waals surface area contributed by atoms with Crippen LogP contribution in [-0.4, -0.2) is 17.0 Å². The van der Waals surface area contributed by atoms with Gasteiger partial charge in [-0.3, -0.25) is 4.79 Å². The molecule has 0 saturated heterocycles. The lowest BCUT2D eigenvalue weighted by molar-refractivity contribution is -0.121. The zero-order valence-corrected chi connectivity index (χ0v) is 20.1. The van der Waals surface area contributed by atoms with E-state index in [2.05, 4.69) is 117 Å². The third-order valence-electron chi connectivity index (χ3n) is 6.21. The summed E-state index contributed by atoms with van der Waals surface area (Å²) in [6, 6.07) is 25.8. The highest BCUT2D eigenvalue weighted by atomic mass is 16.1. The maximum Gasteiger partial charge on any atom is 0.220 e. The van der Waals surface area contributed by atoms with Crippen molar-refractivity contribution < 1.29 is 4.79 Å². The Bertz CT molecular complexity index is 1230. The van der Waals surface area contributed by atoms with E-state index in [1.807, 2.05) is 0 Å². The van der Waals surface area contributed by atoms with Crippen molar-refractivity contribution in [2.24, 2.45) is 5.92 Å². The van der Waals surface area contributed by atoms with Crippen molar-refractivity contribution in [1.29, 1.82) is 0 Å². The quantitative estimate of drug-likeness (QED) is 0.330. The lowest BCUT2D eigenvalue weighted by Gasteiger charge is -2.18. The third-order valence-corrected chi connectivity index (χ3v) is 6.21. The van der Waals surface area contributed by atoms with Crippen molar-refractivity contribution in [3.8, 4) is 0 Å². The van der Waals surface area contributed by atoms with Crippen molar-refractivity contribution in [3.05, 3.63) is 107 Å². The minimum Gasteiger partial charge on any atom is -0.356 e. The fraction of sp³-hybridized carbons (Fsp3) is 0.300. The Balaban J connectivity index is 1.75. The summed E-state index contributed by atoms with van der Waals surface area (Å²) in [5.41, 5.74) is 7.35. The molecule has 0 aliphatic rings. The van der Waals surface area contributed by atoms with Crippen molar-refractivity contribution in [2.75, 3.05) is 6.54 Å². The van der Waals surface area contributed by atoms with Gasteiger partial charge in [-0.1, -0.05) is 91.7 Å². The van der Waals surface area contributed by atoms with Gasteiger partial charge in [0.25, 0.3) is 0 Å². The fourth-order valence-corrected chi connectivity index (χ4v) is 4.44. The molecule has 170 valence electrons. The third kappa shape index (κ3) is 5.54. The molecule has 1 N–H and O–H groups in total. The summed E-state index contributed by atoms with van der Waals surface area (Å²) in [6.07, 6.45) is 2.70. The normalized spacial score (nSPS) is 12.3. The number of hydrogen-bond donors (Lipinski definition) is 1. The van der Waals surface area contributed by atoms with Crippen molar-refractivity contribution in [1.82, 2.24) is 9.88 Å². The molecule has 0 aliphatic heterocycles. The van der Waals surface area contributed by atoms with Crippen LogP contribution < -0.4 is 5.32 Å². The lowest BCUT2D eigenvalue weighted by Crippen LogP contribution is -2.28. The molecule has 0 saturated carbocycles. The molecule has 33 heavy (non-hydrogen) atoms. The molecule has 3 aromatic carbocycles. The Morgan fingerprint density at radius 1 is 0.909 bits per heavy atom. The highest BCUT2D eigenvalue weighted by Crippen LogP contribution is 2.35. The predicted octanol–water partition coefficient (Wildman–Crippen LogP) is 6.60. The van der Waals surface area contributed by atoms with E-state index in [9.17, 15) is 4.79 Å². The number of carbonyl (C=O) groups is 1. The van der Waals surface area contributed by atoms with Gasteiger partial charge in [0.15, 0.2) is 0 Å². The van der Waals surface area contributed by atoms with Gasteiger partial charge in [-0.2, -0.15) is 0 Å². The van der Waals surface area contributed by atoms with E-state index in [0.717, 1.165) is 6.54 Å². The van der Waals surface area contributed by atoms with E-state index < -0.39 is 0 Å². The number of para-hydroxylation sites is 1. The van der Waals surface area contributed by atoms with E-state index >= 15 is 0 Å². The number of aromatic nitrogens is 1. The monoisotopic (exact) mass is 438 g/mol. The first-order valence-corrected chi connectivity index (χ1v) is 11.9. The number of aryl methyl sites for hydroxylation is 2. The molecule has 1 amide bonds. The van der Waals surface area contributed by atoms with E-state index in [1.165, 1.54) is 38.7 Å². The molecule has 0 aliphatic carbocycles. The summed E-state index contributed by atoms with van der Waals surface area (Å²) in [5.74, 6) is 0.537. The molecular weight excluding hydrogens is 404 g/mol. The van der Waals surface area contributed by atoms with Crippen LogP contribution in [0, 0.1) is 19.8 Å². The van der Waals surface area contributed by atoms with Crippen LogP contribution in [-0.2, 0) is 11.3 Å². The van der Waals surface area contributed by atoms with Gasteiger partial charge < -0.3 is 9.88 Å². The Hall–Kier alpha value is -3.33. The zero-order chi connectivity index (χ0) is 23.4. The van der Waals surface area contributed by atoms with Crippen LogP contribution in [0.15, 0.2) is 79.0 Å². The fourth-order valence-electron chi connectivity index (χ4n) is 4.44. The number of carbonyl (C=O) groups excluding carboxylic acids is 1. The van der Waals surface area contributed by atoms with Crippen molar-refractivity contribution in [2.45, 2.75) is 46.6 Å². The Morgan fingerprint density at radius 2 is 1.67 bits per heavy atom. The molecular formula is C30H34N2O. The standard InChI is InChI=1S/C30H34N2O/c1-21(2)18-31-30(33)17-27(25-9-7-8-23(4)16-25)28-20-32(29-11-6-5-10-26(28)29)19-24-14-12-22(3)13-15-24/h5-16,20-21,27H,17-19H2,1-4H3,(H,31,33)/t27-/m0/s1. The number of amides is 1. The second-order valence-corrected chi connectivity index (χ2v) is 9.58. The van der Waals surface area contributed by atoms with Crippen molar-refractivity contribution >= 4 is 16.8 Å². The first-order chi connectivity index (χ1) is 15.9. The highest BCUT2D eigenvalue weighted by molar-refractivity contribution is 5.86. The maximum absolute atomic E-state index is 12.9. The second-order valence-electron chi connectivity index (χ2n) is 9.58. The summed E-state index contributed by atoms with van der Waals surface area (Å²) in [6.45, 7) is 9.98. The molecule has 1 aromatic heterocycles. The number of rotatable bonds is 8. The highest BCUT2D eigenvalue weighted by Gasteiger charge is 2.23.